The lowest BCUT2D eigenvalue weighted by molar-refractivity contribution is 0.00552. The van der Waals surface area contributed by atoms with Gasteiger partial charge in [0.15, 0.2) is 0 Å². The molecule has 1 aliphatic heterocycles. The summed E-state index contributed by atoms with van der Waals surface area (Å²) in [4.78, 5) is 13.4. The van der Waals surface area contributed by atoms with Crippen LogP contribution in [0.25, 0.3) is 0 Å². The number of benzene rings is 1. The maximum absolute atomic E-state index is 14.3. The van der Waals surface area contributed by atoms with Crippen LogP contribution in [0.5, 0.6) is 0 Å². The van der Waals surface area contributed by atoms with E-state index in [0.29, 0.717) is 13.0 Å². The van der Waals surface area contributed by atoms with E-state index in [1.165, 1.54) is 4.90 Å². The minimum atomic E-state index is -0.994. The maximum Gasteiger partial charge on any atom is 0.410 e. The van der Waals surface area contributed by atoms with Gasteiger partial charge in [-0.15, -0.1) is 0 Å². The molecule has 1 saturated heterocycles. The summed E-state index contributed by atoms with van der Waals surface area (Å²) in [5.74, 6) is -0.0221. The summed E-state index contributed by atoms with van der Waals surface area (Å²) in [5, 5.41) is 0. The fourth-order valence-electron chi connectivity index (χ4n) is 2.59. The van der Waals surface area contributed by atoms with E-state index < -0.39 is 17.9 Å². The average molecular weight is 293 g/mol. The van der Waals surface area contributed by atoms with E-state index in [4.69, 9.17) is 4.74 Å². The fraction of sp³-hybridized carbons (Fsp3) is 0.588. The van der Waals surface area contributed by atoms with Crippen molar-refractivity contribution >= 4 is 6.09 Å². The Morgan fingerprint density at radius 1 is 1.33 bits per heavy atom. The van der Waals surface area contributed by atoms with Gasteiger partial charge >= 0.3 is 6.09 Å². The minimum absolute atomic E-state index is 0.0221. The molecule has 0 spiro atoms. The molecule has 1 fully saturated rings. The van der Waals surface area contributed by atoms with Crippen molar-refractivity contribution in [2.24, 2.45) is 5.92 Å². The summed E-state index contributed by atoms with van der Waals surface area (Å²) in [5.41, 5.74) is 0.611. The number of alkyl halides is 1. The molecule has 0 saturated carbocycles. The summed E-state index contributed by atoms with van der Waals surface area (Å²) >= 11 is 0. The number of piperidine rings is 1. The molecular weight excluding hydrogens is 269 g/mol. The maximum atomic E-state index is 14.3. The molecule has 0 aliphatic carbocycles. The van der Waals surface area contributed by atoms with Crippen LogP contribution in [0.4, 0.5) is 9.18 Å². The van der Waals surface area contributed by atoms with Crippen molar-refractivity contribution in [3.63, 3.8) is 0 Å². The highest BCUT2D eigenvalue weighted by Crippen LogP contribution is 2.25. The molecule has 1 heterocycles. The molecule has 0 bridgehead atoms. The molecule has 116 valence electrons. The lowest BCUT2D eigenvalue weighted by Gasteiger charge is -2.35. The number of likely N-dealkylation sites (tertiary alicyclic amines) is 1. The van der Waals surface area contributed by atoms with Gasteiger partial charge in [0.05, 0.1) is 6.54 Å². The van der Waals surface area contributed by atoms with E-state index in [2.05, 4.69) is 0 Å². The molecule has 1 aromatic rings. The second-order valence-corrected chi connectivity index (χ2v) is 6.68. The number of carbonyl (C=O) groups excluding carboxylic acids is 1. The smallest absolute Gasteiger partial charge is 0.410 e. The van der Waals surface area contributed by atoms with Gasteiger partial charge in [-0.2, -0.15) is 0 Å². The highest BCUT2D eigenvalue weighted by atomic mass is 19.1. The third-order valence-corrected chi connectivity index (χ3v) is 3.67. The first-order valence-electron chi connectivity index (χ1n) is 7.51. The molecule has 0 N–H and O–H groups in total. The molecule has 1 aromatic carbocycles. The first-order chi connectivity index (χ1) is 9.85. The normalized spacial score (nSPS) is 23.0. The number of nitrogens with zero attached hydrogens (tertiary/aromatic N) is 1. The molecule has 2 atom stereocenters. The van der Waals surface area contributed by atoms with Crippen molar-refractivity contribution in [1.29, 1.82) is 0 Å². The standard InChI is InChI=1S/C17H24FNO2/c1-17(2,3)21-16(20)19-10-9-14(15(18)12-19)11-13-7-5-4-6-8-13/h4-8,14-15H,9-12H2,1-3H3/t14-,15+/m0/s1. The summed E-state index contributed by atoms with van der Waals surface area (Å²) in [6.07, 6.45) is -0.00536. The number of hydrogen-bond acceptors (Lipinski definition) is 2. The number of rotatable bonds is 2. The van der Waals surface area contributed by atoms with Crippen LogP contribution in [0.1, 0.15) is 32.8 Å². The lowest BCUT2D eigenvalue weighted by atomic mass is 9.89. The van der Waals surface area contributed by atoms with Crippen molar-refractivity contribution < 1.29 is 13.9 Å². The number of hydrogen-bond donors (Lipinski definition) is 0. The molecule has 2 rings (SSSR count). The van der Waals surface area contributed by atoms with E-state index in [-0.39, 0.29) is 12.5 Å². The summed E-state index contributed by atoms with van der Waals surface area (Å²) < 4.78 is 19.6. The van der Waals surface area contributed by atoms with Crippen molar-refractivity contribution in [2.45, 2.75) is 45.4 Å². The zero-order valence-corrected chi connectivity index (χ0v) is 13.0. The number of halogens is 1. The van der Waals surface area contributed by atoms with E-state index in [9.17, 15) is 9.18 Å². The van der Waals surface area contributed by atoms with E-state index in [1.807, 2.05) is 51.1 Å². The monoisotopic (exact) mass is 293 g/mol. The van der Waals surface area contributed by atoms with Gasteiger partial charge in [0.1, 0.15) is 11.8 Å². The molecule has 1 aliphatic rings. The summed E-state index contributed by atoms with van der Waals surface area (Å²) in [6, 6.07) is 9.94. The molecule has 21 heavy (non-hydrogen) atoms. The van der Waals surface area contributed by atoms with Crippen LogP contribution in [0.2, 0.25) is 0 Å². The van der Waals surface area contributed by atoms with Gasteiger partial charge in [-0.25, -0.2) is 9.18 Å². The van der Waals surface area contributed by atoms with Crippen molar-refractivity contribution in [3.8, 4) is 0 Å². The molecule has 0 unspecified atom stereocenters. The molecule has 0 aromatic heterocycles. The Kier molecular flexibility index (Phi) is 4.86. The minimum Gasteiger partial charge on any atom is -0.444 e. The number of ether oxygens (including phenoxy) is 1. The van der Waals surface area contributed by atoms with E-state index in [0.717, 1.165) is 12.0 Å². The van der Waals surface area contributed by atoms with Crippen LogP contribution in [-0.2, 0) is 11.2 Å². The molecule has 1 amide bonds. The quantitative estimate of drug-likeness (QED) is 0.829. The van der Waals surface area contributed by atoms with Gasteiger partial charge in [-0.3, -0.25) is 0 Å². The molecule has 0 radical (unpaired) electrons. The zero-order chi connectivity index (χ0) is 15.5. The first kappa shape index (κ1) is 15.8. The Morgan fingerprint density at radius 2 is 2.00 bits per heavy atom. The fourth-order valence-corrected chi connectivity index (χ4v) is 2.59. The highest BCUT2D eigenvalue weighted by molar-refractivity contribution is 5.68. The van der Waals surface area contributed by atoms with Crippen molar-refractivity contribution in [3.05, 3.63) is 35.9 Å². The topological polar surface area (TPSA) is 29.5 Å². The summed E-state index contributed by atoms with van der Waals surface area (Å²) in [7, 11) is 0. The molecule has 3 nitrogen and oxygen atoms in total. The molecule has 4 heteroatoms. The van der Waals surface area contributed by atoms with Crippen molar-refractivity contribution in [1.82, 2.24) is 4.90 Å². The third kappa shape index (κ3) is 4.73. The van der Waals surface area contributed by atoms with Crippen LogP contribution in [0, 0.1) is 5.92 Å². The predicted octanol–water partition coefficient (Wildman–Crippen LogP) is 3.82. The Bertz CT molecular complexity index is 469. The van der Waals surface area contributed by atoms with Crippen LogP contribution in [0.3, 0.4) is 0 Å². The number of carbonyl (C=O) groups is 1. The summed E-state index contributed by atoms with van der Waals surface area (Å²) in [6.45, 7) is 6.15. The van der Waals surface area contributed by atoms with Gasteiger partial charge in [0.25, 0.3) is 0 Å². The third-order valence-electron chi connectivity index (χ3n) is 3.67. The van der Waals surface area contributed by atoms with Gasteiger partial charge in [-0.1, -0.05) is 30.3 Å². The Labute approximate surface area is 126 Å². The average Bonchev–Trinajstić information content (AvgIpc) is 2.40. The van der Waals surface area contributed by atoms with Gasteiger partial charge in [0, 0.05) is 6.54 Å². The second-order valence-electron chi connectivity index (χ2n) is 6.68. The Hall–Kier alpha value is -1.58. The molecular formula is C17H24FNO2. The van der Waals surface area contributed by atoms with Gasteiger partial charge in [-0.05, 0) is 45.1 Å². The Balaban J connectivity index is 1.89. The Morgan fingerprint density at radius 3 is 2.57 bits per heavy atom. The first-order valence-corrected chi connectivity index (χ1v) is 7.51. The van der Waals surface area contributed by atoms with Gasteiger partial charge in [0.2, 0.25) is 0 Å². The van der Waals surface area contributed by atoms with Gasteiger partial charge < -0.3 is 9.64 Å². The number of amides is 1. The lowest BCUT2D eigenvalue weighted by Crippen LogP contribution is -2.47. The zero-order valence-electron chi connectivity index (χ0n) is 13.0. The van der Waals surface area contributed by atoms with Crippen LogP contribution in [0.15, 0.2) is 30.3 Å². The largest absolute Gasteiger partial charge is 0.444 e. The van der Waals surface area contributed by atoms with E-state index in [1.54, 1.807) is 0 Å². The second kappa shape index (κ2) is 6.46. The van der Waals surface area contributed by atoms with Crippen LogP contribution >= 0.6 is 0 Å². The van der Waals surface area contributed by atoms with Crippen LogP contribution < -0.4 is 0 Å². The van der Waals surface area contributed by atoms with Crippen molar-refractivity contribution in [2.75, 3.05) is 13.1 Å². The predicted molar refractivity (Wildman–Crippen MR) is 81.0 cm³/mol. The van der Waals surface area contributed by atoms with E-state index >= 15 is 0 Å². The SMILES string of the molecule is CC(C)(C)OC(=O)N1CC[C@@H](Cc2ccccc2)[C@H](F)C1. The van der Waals surface area contributed by atoms with Crippen LogP contribution in [-0.4, -0.2) is 35.9 Å². The highest BCUT2D eigenvalue weighted by Gasteiger charge is 2.33.